The number of nitrogens with one attached hydrogen (secondary N) is 1. The zero-order valence-electron chi connectivity index (χ0n) is 10.7. The van der Waals surface area contributed by atoms with Crippen LogP contribution in [0.3, 0.4) is 0 Å². The first-order chi connectivity index (χ1) is 9.10. The number of aliphatic hydroxyl groups is 2. The first-order valence-electron chi connectivity index (χ1n) is 6.10. The molecule has 0 bridgehead atoms. The lowest BCUT2D eigenvalue weighted by Gasteiger charge is -2.14. The molecule has 2 rings (SSSR count). The summed E-state index contributed by atoms with van der Waals surface area (Å²) in [6.45, 7) is 1.82. The van der Waals surface area contributed by atoms with E-state index in [4.69, 9.17) is 5.11 Å². The lowest BCUT2D eigenvalue weighted by molar-refractivity contribution is -0.116. The minimum absolute atomic E-state index is 0.0334. The lowest BCUT2D eigenvalue weighted by Crippen LogP contribution is -2.23. The van der Waals surface area contributed by atoms with Gasteiger partial charge in [0.1, 0.15) is 0 Å². The van der Waals surface area contributed by atoms with E-state index in [0.717, 1.165) is 17.1 Å². The smallest absolute Gasteiger partial charge is 0.253 e. The van der Waals surface area contributed by atoms with Crippen molar-refractivity contribution >= 4 is 23.0 Å². The molecule has 1 aliphatic rings. The largest absolute Gasteiger partial charge is 0.394 e. The number of hydrazone groups is 1. The summed E-state index contributed by atoms with van der Waals surface area (Å²) in [5.74, 6) is -0.0334. The van der Waals surface area contributed by atoms with Crippen LogP contribution < -0.4 is 10.3 Å². The van der Waals surface area contributed by atoms with Gasteiger partial charge < -0.3 is 15.5 Å². The van der Waals surface area contributed by atoms with Crippen LogP contribution in [0.5, 0.6) is 0 Å². The van der Waals surface area contributed by atoms with Gasteiger partial charge in [-0.15, -0.1) is 0 Å². The normalized spacial score (nSPS) is 16.5. The fourth-order valence-corrected chi connectivity index (χ4v) is 1.78. The van der Waals surface area contributed by atoms with Gasteiger partial charge >= 0.3 is 0 Å². The maximum absolute atomic E-state index is 11.7. The van der Waals surface area contributed by atoms with E-state index in [2.05, 4.69) is 10.4 Å². The Bertz CT molecular complexity index is 484. The molecule has 0 aromatic heterocycles. The average molecular weight is 263 g/mol. The molecule has 102 valence electrons. The van der Waals surface area contributed by atoms with E-state index in [-0.39, 0.29) is 19.1 Å². The number of aliphatic hydroxyl groups excluding tert-OH is 2. The highest BCUT2D eigenvalue weighted by atomic mass is 16.3. The molecule has 0 radical (unpaired) electrons. The van der Waals surface area contributed by atoms with Crippen LogP contribution in [0, 0.1) is 0 Å². The molecule has 1 aromatic rings. The first kappa shape index (κ1) is 13.5. The number of hydrogen-bond acceptors (Lipinski definition) is 5. The van der Waals surface area contributed by atoms with Crippen molar-refractivity contribution in [1.82, 2.24) is 0 Å². The Balaban J connectivity index is 2.01. The number of carbonyl (C=O) groups is 1. The van der Waals surface area contributed by atoms with Crippen molar-refractivity contribution < 1.29 is 15.0 Å². The van der Waals surface area contributed by atoms with E-state index >= 15 is 0 Å². The van der Waals surface area contributed by atoms with Crippen molar-refractivity contribution in [2.24, 2.45) is 5.10 Å². The second-order valence-corrected chi connectivity index (χ2v) is 4.48. The molecule has 1 unspecified atom stereocenters. The van der Waals surface area contributed by atoms with Gasteiger partial charge in [-0.05, 0) is 31.2 Å². The zero-order valence-corrected chi connectivity index (χ0v) is 10.7. The Morgan fingerprint density at radius 2 is 2.11 bits per heavy atom. The highest BCUT2D eigenvalue weighted by Gasteiger charge is 2.22. The first-order valence-corrected chi connectivity index (χ1v) is 6.10. The molecule has 0 spiro atoms. The van der Waals surface area contributed by atoms with Crippen LogP contribution >= 0.6 is 0 Å². The van der Waals surface area contributed by atoms with Crippen LogP contribution in [0.25, 0.3) is 0 Å². The number of amides is 1. The summed E-state index contributed by atoms with van der Waals surface area (Å²) in [7, 11) is 0. The zero-order chi connectivity index (χ0) is 13.8. The van der Waals surface area contributed by atoms with Crippen molar-refractivity contribution in [2.45, 2.75) is 19.4 Å². The topological polar surface area (TPSA) is 85.2 Å². The third-order valence-electron chi connectivity index (χ3n) is 2.78. The van der Waals surface area contributed by atoms with Gasteiger partial charge in [-0.3, -0.25) is 4.79 Å². The van der Waals surface area contributed by atoms with Crippen molar-refractivity contribution in [3.8, 4) is 0 Å². The molecule has 1 atom stereocenters. The van der Waals surface area contributed by atoms with Crippen LogP contribution in [0.4, 0.5) is 11.4 Å². The second kappa shape index (κ2) is 5.81. The van der Waals surface area contributed by atoms with Crippen molar-refractivity contribution in [3.05, 3.63) is 24.3 Å². The standard InChI is InChI=1S/C13H17N3O3/c1-9-6-13(19)16(15-9)11-4-2-10(3-5-11)14-7-12(18)8-17/h2-5,12,14,17-18H,6-8H2,1H3. The Hall–Kier alpha value is -1.92. The van der Waals surface area contributed by atoms with Crippen molar-refractivity contribution in [2.75, 3.05) is 23.5 Å². The van der Waals surface area contributed by atoms with Gasteiger partial charge in [-0.2, -0.15) is 5.10 Å². The monoisotopic (exact) mass is 263 g/mol. The van der Waals surface area contributed by atoms with E-state index in [1.165, 1.54) is 5.01 Å². The summed E-state index contributed by atoms with van der Waals surface area (Å²) in [6, 6.07) is 7.17. The van der Waals surface area contributed by atoms with Gasteiger partial charge in [0.05, 0.1) is 24.8 Å². The van der Waals surface area contributed by atoms with E-state index in [1.54, 1.807) is 24.3 Å². The third-order valence-corrected chi connectivity index (χ3v) is 2.78. The number of nitrogens with zero attached hydrogens (tertiary/aromatic N) is 2. The van der Waals surface area contributed by atoms with Gasteiger partial charge in [0, 0.05) is 17.9 Å². The molecule has 1 aliphatic heterocycles. The van der Waals surface area contributed by atoms with Gasteiger partial charge in [0.2, 0.25) is 0 Å². The van der Waals surface area contributed by atoms with Gasteiger partial charge in [0.25, 0.3) is 5.91 Å². The molecule has 0 saturated carbocycles. The molecule has 1 amide bonds. The van der Waals surface area contributed by atoms with Gasteiger partial charge in [-0.25, -0.2) is 5.01 Å². The molecule has 3 N–H and O–H groups in total. The summed E-state index contributed by atoms with van der Waals surface area (Å²) in [4.78, 5) is 11.7. The average Bonchev–Trinajstić information content (AvgIpc) is 2.75. The molecule has 1 aromatic carbocycles. The van der Waals surface area contributed by atoms with E-state index in [0.29, 0.717) is 6.42 Å². The molecule has 0 aliphatic carbocycles. The second-order valence-electron chi connectivity index (χ2n) is 4.48. The summed E-state index contributed by atoms with van der Waals surface area (Å²) in [5.41, 5.74) is 2.33. The number of rotatable bonds is 5. The van der Waals surface area contributed by atoms with Crippen molar-refractivity contribution in [3.63, 3.8) is 0 Å². The predicted octanol–water partition coefficient (Wildman–Crippen LogP) is 0.564. The van der Waals surface area contributed by atoms with Crippen LogP contribution in [0.15, 0.2) is 29.4 Å². The summed E-state index contributed by atoms with van der Waals surface area (Å²) in [5, 5.41) is 26.5. The maximum Gasteiger partial charge on any atom is 0.253 e. The maximum atomic E-state index is 11.7. The number of carbonyl (C=O) groups excluding carboxylic acids is 1. The fourth-order valence-electron chi connectivity index (χ4n) is 1.78. The highest BCUT2D eigenvalue weighted by molar-refractivity contribution is 6.12. The Morgan fingerprint density at radius 1 is 1.42 bits per heavy atom. The Labute approximate surface area is 111 Å². The van der Waals surface area contributed by atoms with E-state index in [1.807, 2.05) is 6.92 Å². The summed E-state index contributed by atoms with van der Waals surface area (Å²) >= 11 is 0. The molecule has 6 nitrogen and oxygen atoms in total. The summed E-state index contributed by atoms with van der Waals surface area (Å²) < 4.78 is 0. The predicted molar refractivity (Wildman–Crippen MR) is 73.2 cm³/mol. The van der Waals surface area contributed by atoms with E-state index < -0.39 is 6.10 Å². The highest BCUT2D eigenvalue weighted by Crippen LogP contribution is 2.22. The Kier molecular flexibility index (Phi) is 4.13. The van der Waals surface area contributed by atoms with E-state index in [9.17, 15) is 9.90 Å². The van der Waals surface area contributed by atoms with Crippen LogP contribution in [0.1, 0.15) is 13.3 Å². The molecule has 6 heteroatoms. The molecule has 0 fully saturated rings. The fraction of sp³-hybridized carbons (Fsp3) is 0.385. The molecular formula is C13H17N3O3. The SMILES string of the molecule is CC1=NN(c2ccc(NCC(O)CO)cc2)C(=O)C1. The quantitative estimate of drug-likeness (QED) is 0.725. The molecule has 1 heterocycles. The van der Waals surface area contributed by atoms with Crippen LogP contribution in [-0.4, -0.2) is 41.1 Å². The van der Waals surface area contributed by atoms with Crippen molar-refractivity contribution in [1.29, 1.82) is 0 Å². The van der Waals surface area contributed by atoms with Gasteiger partial charge in [-0.1, -0.05) is 0 Å². The minimum Gasteiger partial charge on any atom is -0.394 e. The third kappa shape index (κ3) is 3.30. The summed E-state index contributed by atoms with van der Waals surface area (Å²) in [6.07, 6.45) is -0.421. The molecular weight excluding hydrogens is 246 g/mol. The number of hydrogen-bond donors (Lipinski definition) is 3. The lowest BCUT2D eigenvalue weighted by atomic mass is 10.2. The Morgan fingerprint density at radius 3 is 2.63 bits per heavy atom. The molecule has 19 heavy (non-hydrogen) atoms. The molecule has 0 saturated heterocycles. The number of benzene rings is 1. The van der Waals surface area contributed by atoms with Crippen LogP contribution in [0.2, 0.25) is 0 Å². The van der Waals surface area contributed by atoms with Crippen LogP contribution in [-0.2, 0) is 4.79 Å². The minimum atomic E-state index is -0.785. The number of anilines is 2. The van der Waals surface area contributed by atoms with Gasteiger partial charge in [0.15, 0.2) is 0 Å².